The SMILES string of the molecule is [3H]/C(CCCC(=O)O)=C(\[3H])C[C@H]1[C@@H](/C=C/[C@@H](O)CCCCC)[C@H](O)C[C@@H]1O. The molecule has 5 nitrogen and oxygen atoms in total. The molecule has 0 radical (unpaired) electrons. The molecule has 5 atom stereocenters. The Balaban J connectivity index is 2.68. The van der Waals surface area contributed by atoms with Crippen molar-refractivity contribution in [1.29, 1.82) is 0 Å². The second-order valence-electron chi connectivity index (χ2n) is 6.86. The number of aliphatic carboxylic acids is 1. The lowest BCUT2D eigenvalue weighted by Crippen LogP contribution is -2.20. The van der Waals surface area contributed by atoms with E-state index in [-0.39, 0.29) is 49.6 Å². The summed E-state index contributed by atoms with van der Waals surface area (Å²) < 4.78 is 16.0. The van der Waals surface area contributed by atoms with Crippen LogP contribution in [0.1, 0.15) is 67.5 Å². The monoisotopic (exact) mass is 358 g/mol. The smallest absolute Gasteiger partial charge is 0.303 e. The maximum atomic E-state index is 10.5. The lowest BCUT2D eigenvalue weighted by molar-refractivity contribution is -0.137. The summed E-state index contributed by atoms with van der Waals surface area (Å²) in [5.74, 6) is -1.68. The zero-order valence-electron chi connectivity index (χ0n) is 17.1. The van der Waals surface area contributed by atoms with E-state index in [4.69, 9.17) is 7.85 Å². The molecule has 0 spiro atoms. The molecule has 0 aromatic rings. The van der Waals surface area contributed by atoms with E-state index in [1.165, 1.54) is 0 Å². The van der Waals surface area contributed by atoms with Crippen molar-refractivity contribution < 1.29 is 28.0 Å². The standard InChI is InChI=1S/C20H34O5/c1-2-3-6-9-15(21)12-13-17-16(18(22)14-19(17)23)10-7-4-5-8-11-20(24)25/h4,7,12-13,15-19,21-23H,2-3,5-6,8-11,14H2,1H3,(H,24,25)/b7-4-,13-12+/t15-,16-,17+,18-,19+/m0/s1/i4T,7T. The minimum absolute atomic E-state index is 0.0400. The van der Waals surface area contributed by atoms with Crippen LogP contribution in [-0.4, -0.2) is 44.7 Å². The van der Waals surface area contributed by atoms with E-state index in [9.17, 15) is 20.1 Å². The second kappa shape index (κ2) is 12.2. The Morgan fingerprint density at radius 1 is 1.24 bits per heavy atom. The maximum absolute atomic E-state index is 10.5. The molecule has 25 heavy (non-hydrogen) atoms. The van der Waals surface area contributed by atoms with Crippen LogP contribution in [0, 0.1) is 11.8 Å². The van der Waals surface area contributed by atoms with Crippen molar-refractivity contribution >= 4 is 5.97 Å². The van der Waals surface area contributed by atoms with Gasteiger partial charge in [-0.1, -0.05) is 50.4 Å². The van der Waals surface area contributed by atoms with E-state index in [0.29, 0.717) is 12.8 Å². The molecular weight excluding hydrogens is 320 g/mol. The summed E-state index contributed by atoms with van der Waals surface area (Å²) in [5.41, 5.74) is 0. The predicted molar refractivity (Wildman–Crippen MR) is 98.1 cm³/mol. The number of hydrogen-bond acceptors (Lipinski definition) is 4. The lowest BCUT2D eigenvalue weighted by atomic mass is 9.89. The largest absolute Gasteiger partial charge is 0.481 e. The van der Waals surface area contributed by atoms with Gasteiger partial charge in [0.15, 0.2) is 0 Å². The van der Waals surface area contributed by atoms with Gasteiger partial charge in [-0.15, -0.1) is 0 Å². The fourth-order valence-corrected chi connectivity index (χ4v) is 3.23. The molecular formula is C20H34O5. The number of carboxylic acid groups (broad SMARTS) is 1. The van der Waals surface area contributed by atoms with Crippen LogP contribution in [0.15, 0.2) is 24.3 Å². The van der Waals surface area contributed by atoms with E-state index < -0.39 is 24.3 Å². The van der Waals surface area contributed by atoms with Crippen molar-refractivity contribution in [3.8, 4) is 0 Å². The van der Waals surface area contributed by atoms with Crippen LogP contribution >= 0.6 is 0 Å². The van der Waals surface area contributed by atoms with E-state index >= 15 is 0 Å². The highest BCUT2D eigenvalue weighted by Crippen LogP contribution is 2.36. The van der Waals surface area contributed by atoms with Gasteiger partial charge in [0.25, 0.3) is 0 Å². The number of carboxylic acids is 1. The zero-order valence-corrected chi connectivity index (χ0v) is 15.1. The topological polar surface area (TPSA) is 98.0 Å². The summed E-state index contributed by atoms with van der Waals surface area (Å²) in [5, 5.41) is 39.2. The molecule has 0 unspecified atom stereocenters. The predicted octanol–water partition coefficient (Wildman–Crippen LogP) is 3.04. The number of rotatable bonds is 12. The van der Waals surface area contributed by atoms with Gasteiger partial charge in [0.05, 0.1) is 21.1 Å². The van der Waals surface area contributed by atoms with Crippen molar-refractivity contribution in [1.82, 2.24) is 0 Å². The minimum Gasteiger partial charge on any atom is -0.481 e. The van der Waals surface area contributed by atoms with Crippen molar-refractivity contribution in [2.45, 2.75) is 83.0 Å². The first-order valence-electron chi connectivity index (χ1n) is 10.4. The van der Waals surface area contributed by atoms with E-state index in [1.807, 2.05) is 0 Å². The Labute approximate surface area is 153 Å². The minimum atomic E-state index is -0.925. The highest BCUT2D eigenvalue weighted by molar-refractivity contribution is 5.66. The Morgan fingerprint density at radius 2 is 2.00 bits per heavy atom. The quantitative estimate of drug-likeness (QED) is 0.317. The van der Waals surface area contributed by atoms with Gasteiger partial charge in [0.1, 0.15) is 0 Å². The van der Waals surface area contributed by atoms with Gasteiger partial charge in [0, 0.05) is 18.8 Å². The molecule has 1 saturated carbocycles. The first-order valence-corrected chi connectivity index (χ1v) is 9.35. The fourth-order valence-electron chi connectivity index (χ4n) is 3.23. The van der Waals surface area contributed by atoms with E-state index in [0.717, 1.165) is 19.3 Å². The Hall–Kier alpha value is -1.17. The number of allylic oxidation sites excluding steroid dienone is 2. The van der Waals surface area contributed by atoms with Crippen LogP contribution in [0.2, 0.25) is 0 Å². The zero-order chi connectivity index (χ0) is 20.4. The normalized spacial score (nSPS) is 30.1. The number of hydrogen-bond donors (Lipinski definition) is 4. The van der Waals surface area contributed by atoms with Gasteiger partial charge in [-0.05, 0) is 31.6 Å². The Kier molecular flexibility index (Phi) is 9.10. The molecule has 0 aromatic heterocycles. The first kappa shape index (κ1) is 18.6. The average Bonchev–Trinajstić information content (AvgIpc) is 2.86. The lowest BCUT2D eigenvalue weighted by Gasteiger charge is -2.19. The number of carbonyl (C=O) groups is 1. The van der Waals surface area contributed by atoms with Gasteiger partial charge in [-0.2, -0.15) is 0 Å². The third-order valence-electron chi connectivity index (χ3n) is 4.73. The number of aliphatic hydroxyl groups is 3. The van der Waals surface area contributed by atoms with Gasteiger partial charge in [-0.3, -0.25) is 4.79 Å². The number of aliphatic hydroxyl groups excluding tert-OH is 3. The molecule has 4 N–H and O–H groups in total. The van der Waals surface area contributed by atoms with Crippen LogP contribution in [0.25, 0.3) is 0 Å². The molecule has 1 rings (SSSR count). The molecule has 1 aliphatic carbocycles. The van der Waals surface area contributed by atoms with Gasteiger partial charge < -0.3 is 20.4 Å². The van der Waals surface area contributed by atoms with Crippen molar-refractivity contribution in [2.24, 2.45) is 11.8 Å². The summed E-state index contributed by atoms with van der Waals surface area (Å²) >= 11 is 0. The van der Waals surface area contributed by atoms with Crippen LogP contribution in [-0.2, 0) is 4.79 Å². The molecule has 0 aliphatic heterocycles. The van der Waals surface area contributed by atoms with Crippen molar-refractivity contribution in [3.63, 3.8) is 0 Å². The van der Waals surface area contributed by atoms with Crippen LogP contribution in [0.5, 0.6) is 0 Å². The van der Waals surface area contributed by atoms with Crippen LogP contribution in [0.3, 0.4) is 0 Å². The molecule has 0 amide bonds. The third-order valence-corrected chi connectivity index (χ3v) is 4.73. The van der Waals surface area contributed by atoms with Gasteiger partial charge in [-0.25, -0.2) is 0 Å². The molecule has 0 aromatic carbocycles. The molecule has 0 saturated heterocycles. The molecule has 0 heterocycles. The van der Waals surface area contributed by atoms with Crippen molar-refractivity contribution in [2.75, 3.05) is 0 Å². The fraction of sp³-hybridized carbons (Fsp3) is 0.750. The van der Waals surface area contributed by atoms with Crippen molar-refractivity contribution in [3.05, 3.63) is 24.3 Å². The maximum Gasteiger partial charge on any atom is 0.303 e. The van der Waals surface area contributed by atoms with E-state index in [1.54, 1.807) is 12.2 Å². The van der Waals surface area contributed by atoms with E-state index in [2.05, 4.69) is 6.92 Å². The highest BCUT2D eigenvalue weighted by atomic mass is 16.4. The Morgan fingerprint density at radius 3 is 2.68 bits per heavy atom. The number of unbranched alkanes of at least 4 members (excludes halogenated alkanes) is 2. The summed E-state index contributed by atoms with van der Waals surface area (Å²) in [6.07, 6.45) is 5.88. The molecule has 144 valence electrons. The highest BCUT2D eigenvalue weighted by Gasteiger charge is 2.39. The van der Waals surface area contributed by atoms with Crippen LogP contribution < -0.4 is 0 Å². The second-order valence-corrected chi connectivity index (χ2v) is 6.86. The summed E-state index contributed by atoms with van der Waals surface area (Å²) in [6.45, 7) is 2.09. The molecule has 1 fully saturated rings. The summed E-state index contributed by atoms with van der Waals surface area (Å²) in [6, 6.07) is 0.146. The van der Waals surface area contributed by atoms with Crippen LogP contribution in [0.4, 0.5) is 0 Å². The molecule has 0 bridgehead atoms. The van der Waals surface area contributed by atoms with Gasteiger partial charge in [0.2, 0.25) is 0 Å². The van der Waals surface area contributed by atoms with Gasteiger partial charge >= 0.3 is 5.97 Å². The Bertz CT molecular complexity index is 521. The third kappa shape index (κ3) is 8.66. The average molecular weight is 359 g/mol. The molecule has 1 aliphatic rings. The molecule has 5 heteroatoms. The summed E-state index contributed by atoms with van der Waals surface area (Å²) in [4.78, 5) is 10.5. The summed E-state index contributed by atoms with van der Waals surface area (Å²) in [7, 11) is 0. The first-order chi connectivity index (χ1) is 12.8.